The van der Waals surface area contributed by atoms with Crippen LogP contribution in [0.5, 0.6) is 0 Å². The normalized spacial score (nSPS) is 31.7. The first-order valence-corrected chi connectivity index (χ1v) is 6.14. The monoisotopic (exact) mass is 212 g/mol. The summed E-state index contributed by atoms with van der Waals surface area (Å²) in [6.07, 6.45) is 3.85. The molecule has 1 saturated carbocycles. The SMILES string of the molecule is CC(=O)OCC1C[C@@H](C)CC[C@H]1C(C)C. The molecule has 2 heteroatoms. The Labute approximate surface area is 93.4 Å². The van der Waals surface area contributed by atoms with E-state index in [4.69, 9.17) is 4.74 Å². The highest BCUT2D eigenvalue weighted by molar-refractivity contribution is 5.65. The van der Waals surface area contributed by atoms with E-state index in [0.29, 0.717) is 18.4 Å². The molecule has 0 saturated heterocycles. The minimum absolute atomic E-state index is 0.143. The number of hydrogen-bond acceptors (Lipinski definition) is 2. The molecule has 0 heterocycles. The van der Waals surface area contributed by atoms with Crippen LogP contribution in [0.1, 0.15) is 47.0 Å². The van der Waals surface area contributed by atoms with E-state index < -0.39 is 0 Å². The molecule has 0 bridgehead atoms. The minimum Gasteiger partial charge on any atom is -0.466 e. The van der Waals surface area contributed by atoms with Gasteiger partial charge in [0.1, 0.15) is 0 Å². The van der Waals surface area contributed by atoms with Gasteiger partial charge in [0.05, 0.1) is 6.61 Å². The van der Waals surface area contributed by atoms with Crippen LogP contribution in [-0.4, -0.2) is 12.6 Å². The van der Waals surface area contributed by atoms with E-state index in [-0.39, 0.29) is 5.97 Å². The molecule has 0 aromatic rings. The maximum Gasteiger partial charge on any atom is 0.302 e. The average molecular weight is 212 g/mol. The van der Waals surface area contributed by atoms with Gasteiger partial charge in [-0.1, -0.05) is 27.2 Å². The average Bonchev–Trinajstić information content (AvgIpc) is 2.14. The van der Waals surface area contributed by atoms with Crippen molar-refractivity contribution in [2.24, 2.45) is 23.7 Å². The molecule has 0 aliphatic heterocycles. The Kier molecular flexibility index (Phi) is 4.62. The van der Waals surface area contributed by atoms with Gasteiger partial charge in [0.25, 0.3) is 0 Å². The zero-order valence-electron chi connectivity index (χ0n) is 10.5. The second-order valence-corrected chi connectivity index (χ2v) is 5.39. The Hall–Kier alpha value is -0.530. The first-order chi connectivity index (χ1) is 7.00. The number of hydrogen-bond donors (Lipinski definition) is 0. The van der Waals surface area contributed by atoms with Crippen molar-refractivity contribution in [3.8, 4) is 0 Å². The predicted octanol–water partition coefficient (Wildman–Crippen LogP) is 3.26. The van der Waals surface area contributed by atoms with E-state index in [1.165, 1.54) is 26.2 Å². The molecular weight excluding hydrogens is 188 g/mol. The number of rotatable bonds is 3. The molecule has 0 aromatic carbocycles. The van der Waals surface area contributed by atoms with Gasteiger partial charge >= 0.3 is 5.97 Å². The largest absolute Gasteiger partial charge is 0.466 e. The number of ether oxygens (including phenoxy) is 1. The van der Waals surface area contributed by atoms with Crippen molar-refractivity contribution in [1.29, 1.82) is 0 Å². The fourth-order valence-electron chi connectivity index (χ4n) is 2.82. The van der Waals surface area contributed by atoms with Gasteiger partial charge in [-0.05, 0) is 36.5 Å². The molecule has 1 aliphatic rings. The van der Waals surface area contributed by atoms with Crippen molar-refractivity contribution < 1.29 is 9.53 Å². The minimum atomic E-state index is -0.143. The summed E-state index contributed by atoms with van der Waals surface area (Å²) in [4.78, 5) is 10.8. The molecule has 15 heavy (non-hydrogen) atoms. The molecule has 0 N–H and O–H groups in total. The van der Waals surface area contributed by atoms with Crippen molar-refractivity contribution in [3.63, 3.8) is 0 Å². The third-order valence-corrected chi connectivity index (χ3v) is 3.66. The summed E-state index contributed by atoms with van der Waals surface area (Å²) in [7, 11) is 0. The number of carbonyl (C=O) groups excluding carboxylic acids is 1. The lowest BCUT2D eigenvalue weighted by atomic mass is 9.70. The first-order valence-electron chi connectivity index (χ1n) is 6.14. The Morgan fingerprint density at radius 1 is 1.40 bits per heavy atom. The Bertz CT molecular complexity index is 211. The molecule has 0 aromatic heterocycles. The van der Waals surface area contributed by atoms with Gasteiger partial charge in [0, 0.05) is 6.92 Å². The Balaban J connectivity index is 2.50. The van der Waals surface area contributed by atoms with Crippen molar-refractivity contribution in [3.05, 3.63) is 0 Å². The summed E-state index contributed by atoms with van der Waals surface area (Å²) in [5, 5.41) is 0. The third-order valence-electron chi connectivity index (χ3n) is 3.66. The second-order valence-electron chi connectivity index (χ2n) is 5.39. The zero-order chi connectivity index (χ0) is 11.4. The van der Waals surface area contributed by atoms with Crippen LogP contribution in [-0.2, 0) is 9.53 Å². The summed E-state index contributed by atoms with van der Waals surface area (Å²) in [5.41, 5.74) is 0. The summed E-state index contributed by atoms with van der Waals surface area (Å²) < 4.78 is 5.17. The maximum absolute atomic E-state index is 10.8. The molecule has 2 nitrogen and oxygen atoms in total. The lowest BCUT2D eigenvalue weighted by Gasteiger charge is -2.36. The van der Waals surface area contributed by atoms with Gasteiger partial charge in [0.2, 0.25) is 0 Å². The molecule has 3 atom stereocenters. The second kappa shape index (κ2) is 5.53. The van der Waals surface area contributed by atoms with Crippen LogP contribution in [0, 0.1) is 23.7 Å². The molecule has 1 unspecified atom stereocenters. The van der Waals surface area contributed by atoms with Crippen LogP contribution in [0.3, 0.4) is 0 Å². The summed E-state index contributed by atoms with van der Waals surface area (Å²) >= 11 is 0. The van der Waals surface area contributed by atoms with Gasteiger partial charge in [-0.3, -0.25) is 4.79 Å². The molecule has 1 aliphatic carbocycles. The highest BCUT2D eigenvalue weighted by Crippen LogP contribution is 2.37. The van der Waals surface area contributed by atoms with Gasteiger partial charge in [-0.2, -0.15) is 0 Å². The van der Waals surface area contributed by atoms with Crippen LogP contribution in [0.4, 0.5) is 0 Å². The summed E-state index contributed by atoms with van der Waals surface area (Å²) in [5.74, 6) is 2.67. The van der Waals surface area contributed by atoms with Crippen molar-refractivity contribution in [2.45, 2.75) is 47.0 Å². The third kappa shape index (κ3) is 3.84. The fourth-order valence-corrected chi connectivity index (χ4v) is 2.82. The molecular formula is C13H24O2. The van der Waals surface area contributed by atoms with Crippen LogP contribution in [0.15, 0.2) is 0 Å². The van der Waals surface area contributed by atoms with E-state index in [9.17, 15) is 4.79 Å². The molecule has 1 fully saturated rings. The van der Waals surface area contributed by atoms with Crippen LogP contribution < -0.4 is 0 Å². The van der Waals surface area contributed by atoms with Gasteiger partial charge in [0.15, 0.2) is 0 Å². The van der Waals surface area contributed by atoms with E-state index in [2.05, 4.69) is 20.8 Å². The van der Waals surface area contributed by atoms with E-state index in [1.54, 1.807) is 0 Å². The highest BCUT2D eigenvalue weighted by Gasteiger charge is 2.31. The predicted molar refractivity (Wildman–Crippen MR) is 61.5 cm³/mol. The smallest absolute Gasteiger partial charge is 0.302 e. The summed E-state index contributed by atoms with van der Waals surface area (Å²) in [6, 6.07) is 0. The van der Waals surface area contributed by atoms with E-state index in [1.807, 2.05) is 0 Å². The zero-order valence-corrected chi connectivity index (χ0v) is 10.5. The highest BCUT2D eigenvalue weighted by atomic mass is 16.5. The topological polar surface area (TPSA) is 26.3 Å². The lowest BCUT2D eigenvalue weighted by Crippen LogP contribution is -2.31. The van der Waals surface area contributed by atoms with Gasteiger partial charge < -0.3 is 4.74 Å². The number of carbonyl (C=O) groups is 1. The molecule has 1 rings (SSSR count). The van der Waals surface area contributed by atoms with E-state index in [0.717, 1.165) is 11.8 Å². The quantitative estimate of drug-likeness (QED) is 0.671. The van der Waals surface area contributed by atoms with Gasteiger partial charge in [-0.15, -0.1) is 0 Å². The van der Waals surface area contributed by atoms with Crippen molar-refractivity contribution >= 4 is 5.97 Å². The van der Waals surface area contributed by atoms with Crippen molar-refractivity contribution in [2.75, 3.05) is 6.61 Å². The Morgan fingerprint density at radius 2 is 2.07 bits per heavy atom. The fraction of sp³-hybridized carbons (Fsp3) is 0.923. The van der Waals surface area contributed by atoms with Crippen LogP contribution in [0.25, 0.3) is 0 Å². The van der Waals surface area contributed by atoms with E-state index >= 15 is 0 Å². The van der Waals surface area contributed by atoms with Gasteiger partial charge in [-0.25, -0.2) is 0 Å². The maximum atomic E-state index is 10.8. The Morgan fingerprint density at radius 3 is 2.60 bits per heavy atom. The lowest BCUT2D eigenvalue weighted by molar-refractivity contribution is -0.143. The van der Waals surface area contributed by atoms with Crippen LogP contribution >= 0.6 is 0 Å². The molecule has 0 radical (unpaired) electrons. The summed E-state index contributed by atoms with van der Waals surface area (Å²) in [6.45, 7) is 8.99. The molecule has 0 amide bonds. The van der Waals surface area contributed by atoms with Crippen molar-refractivity contribution in [1.82, 2.24) is 0 Å². The standard InChI is InChI=1S/C13H24O2/c1-9(2)13-6-5-10(3)7-12(13)8-15-11(4)14/h9-10,12-13H,5-8H2,1-4H3/t10-,12?,13-/m0/s1. The first kappa shape index (κ1) is 12.5. The molecule has 88 valence electrons. The van der Waals surface area contributed by atoms with Crippen LogP contribution in [0.2, 0.25) is 0 Å². The number of esters is 1. The molecule has 0 spiro atoms.